The first-order chi connectivity index (χ1) is 9.06. The van der Waals surface area contributed by atoms with Crippen molar-refractivity contribution >= 4 is 28.9 Å². The molecule has 2 fully saturated rings. The van der Waals surface area contributed by atoms with Crippen LogP contribution in [0.1, 0.15) is 9.67 Å². The predicted molar refractivity (Wildman–Crippen MR) is 61.4 cm³/mol. The summed E-state index contributed by atoms with van der Waals surface area (Å²) in [5.41, 5.74) is -3.72. The highest BCUT2D eigenvalue weighted by atomic mass is 32.1. The van der Waals surface area contributed by atoms with Gasteiger partial charge in [-0.25, -0.2) is 0 Å². The lowest BCUT2D eigenvalue weighted by molar-refractivity contribution is -0.129. The average Bonchev–Trinajstić information content (AvgIpc) is 2.69. The van der Waals surface area contributed by atoms with E-state index in [1.807, 2.05) is 5.32 Å². The maximum absolute atomic E-state index is 12.3. The summed E-state index contributed by atoms with van der Waals surface area (Å²) in [5, 5.41) is 22.0. The van der Waals surface area contributed by atoms with Gasteiger partial charge in [0.1, 0.15) is 0 Å². The topological polar surface area (TPSA) is 111 Å². The van der Waals surface area contributed by atoms with Crippen LogP contribution in [-0.2, 0) is 9.59 Å². The molecule has 1 aliphatic carbocycles. The molecule has 1 saturated carbocycles. The number of Topliss-reactive ketones (excluding diaryl/α,β-unsaturated/α-hetero) is 1. The van der Waals surface area contributed by atoms with Crippen LogP contribution in [0.25, 0.3) is 0 Å². The van der Waals surface area contributed by atoms with E-state index in [1.54, 1.807) is 29.7 Å². The van der Waals surface area contributed by atoms with Crippen molar-refractivity contribution in [2.75, 3.05) is 0 Å². The second kappa shape index (κ2) is 3.28. The van der Waals surface area contributed by atoms with Crippen molar-refractivity contribution in [2.24, 2.45) is 16.7 Å². The minimum Gasteiger partial charge on any atom is -0.293 e. The van der Waals surface area contributed by atoms with E-state index in [2.05, 4.69) is 0 Å². The standard InChI is InChI=1S/C12H5N3O3S/c13-4-11-8(7(16)6-2-1-3-19-6)12(11,5-14)10(18)15-9(11)17/h1-3,8H,(H,15,17,18). The Balaban J connectivity index is 2.14. The van der Waals surface area contributed by atoms with Gasteiger partial charge in [0, 0.05) is 0 Å². The van der Waals surface area contributed by atoms with Crippen molar-refractivity contribution in [3.8, 4) is 12.1 Å². The van der Waals surface area contributed by atoms with Crippen LogP contribution in [0.3, 0.4) is 0 Å². The van der Waals surface area contributed by atoms with Crippen molar-refractivity contribution in [1.82, 2.24) is 5.32 Å². The third-order valence-electron chi connectivity index (χ3n) is 3.73. The van der Waals surface area contributed by atoms with Crippen LogP contribution in [0.2, 0.25) is 0 Å². The maximum Gasteiger partial charge on any atom is 0.250 e. The van der Waals surface area contributed by atoms with Crippen LogP contribution >= 0.6 is 11.3 Å². The molecule has 1 aromatic rings. The molecule has 6 nitrogen and oxygen atoms in total. The van der Waals surface area contributed by atoms with E-state index >= 15 is 0 Å². The quantitative estimate of drug-likeness (QED) is 0.611. The number of thiophene rings is 1. The zero-order chi connectivity index (χ0) is 13.8. The highest BCUT2D eigenvalue weighted by molar-refractivity contribution is 7.12. The lowest BCUT2D eigenvalue weighted by atomic mass is 9.98. The number of nitrogens with one attached hydrogen (secondary N) is 1. The molecule has 1 aromatic heterocycles. The summed E-state index contributed by atoms with van der Waals surface area (Å²) < 4.78 is 0. The van der Waals surface area contributed by atoms with Crippen LogP contribution in [0.5, 0.6) is 0 Å². The van der Waals surface area contributed by atoms with E-state index < -0.39 is 34.3 Å². The molecule has 1 N–H and O–H groups in total. The molecule has 2 heterocycles. The maximum atomic E-state index is 12.3. The molecule has 1 saturated heterocycles. The van der Waals surface area contributed by atoms with Crippen molar-refractivity contribution in [2.45, 2.75) is 0 Å². The van der Waals surface area contributed by atoms with E-state index in [4.69, 9.17) is 0 Å². The van der Waals surface area contributed by atoms with Crippen molar-refractivity contribution in [3.05, 3.63) is 22.4 Å². The molecule has 7 heteroatoms. The first-order valence-electron chi connectivity index (χ1n) is 5.32. The van der Waals surface area contributed by atoms with Gasteiger partial charge in [-0.1, -0.05) is 6.07 Å². The summed E-state index contributed by atoms with van der Waals surface area (Å²) in [6.07, 6.45) is 0. The van der Waals surface area contributed by atoms with Crippen LogP contribution < -0.4 is 5.32 Å². The van der Waals surface area contributed by atoms with Gasteiger partial charge in [-0.15, -0.1) is 11.3 Å². The molecule has 1 aliphatic heterocycles. The molecule has 2 atom stereocenters. The zero-order valence-electron chi connectivity index (χ0n) is 9.34. The monoisotopic (exact) mass is 271 g/mol. The van der Waals surface area contributed by atoms with E-state index in [9.17, 15) is 24.9 Å². The number of piperidine rings is 1. The highest BCUT2D eigenvalue weighted by Crippen LogP contribution is 2.72. The molecule has 0 bridgehead atoms. The lowest BCUT2D eigenvalue weighted by Crippen LogP contribution is -2.34. The summed E-state index contributed by atoms with van der Waals surface area (Å²) in [5.74, 6) is -3.40. The summed E-state index contributed by atoms with van der Waals surface area (Å²) in [4.78, 5) is 36.2. The number of ketones is 1. The molecule has 2 aliphatic rings. The number of nitriles is 2. The third-order valence-corrected chi connectivity index (χ3v) is 4.61. The second-order valence-corrected chi connectivity index (χ2v) is 5.35. The third kappa shape index (κ3) is 0.985. The van der Waals surface area contributed by atoms with Gasteiger partial charge in [0.15, 0.2) is 16.6 Å². The number of carbonyl (C=O) groups excluding carboxylic acids is 3. The Bertz CT molecular complexity index is 674. The smallest absolute Gasteiger partial charge is 0.250 e. The van der Waals surface area contributed by atoms with Gasteiger partial charge in [-0.05, 0) is 11.4 Å². The van der Waals surface area contributed by atoms with E-state index in [1.165, 1.54) is 0 Å². The second-order valence-electron chi connectivity index (χ2n) is 4.40. The molecule has 92 valence electrons. The van der Waals surface area contributed by atoms with Gasteiger partial charge in [-0.2, -0.15) is 10.5 Å². The van der Waals surface area contributed by atoms with Gasteiger partial charge in [0.2, 0.25) is 11.8 Å². The van der Waals surface area contributed by atoms with Crippen LogP contribution in [0.4, 0.5) is 0 Å². The molecule has 19 heavy (non-hydrogen) atoms. The molecule has 3 rings (SSSR count). The van der Waals surface area contributed by atoms with Gasteiger partial charge < -0.3 is 0 Å². The van der Waals surface area contributed by atoms with Gasteiger partial charge in [-0.3, -0.25) is 19.7 Å². The Morgan fingerprint density at radius 3 is 2.26 bits per heavy atom. The molecule has 0 aromatic carbocycles. The fourth-order valence-corrected chi connectivity index (χ4v) is 3.45. The molecule has 2 unspecified atom stereocenters. The zero-order valence-corrected chi connectivity index (χ0v) is 10.2. The number of amides is 2. The fraction of sp³-hybridized carbons (Fsp3) is 0.250. The molecular formula is C12H5N3O3S. The van der Waals surface area contributed by atoms with Crippen molar-refractivity contribution in [3.63, 3.8) is 0 Å². The number of fused-ring (bicyclic) bond motifs is 1. The molecule has 0 radical (unpaired) electrons. The Morgan fingerprint density at radius 2 is 1.84 bits per heavy atom. The Hall–Kier alpha value is -2.51. The van der Waals surface area contributed by atoms with E-state index in [0.717, 1.165) is 11.3 Å². The summed E-state index contributed by atoms with van der Waals surface area (Å²) in [7, 11) is 0. The Labute approximate surface area is 111 Å². The Kier molecular flexibility index (Phi) is 2.00. The number of hydrogen-bond acceptors (Lipinski definition) is 6. The van der Waals surface area contributed by atoms with Crippen LogP contribution in [0, 0.1) is 39.4 Å². The normalized spacial score (nSPS) is 34.9. The average molecular weight is 271 g/mol. The largest absolute Gasteiger partial charge is 0.293 e. The van der Waals surface area contributed by atoms with E-state index in [0.29, 0.717) is 4.88 Å². The molecular weight excluding hydrogens is 266 g/mol. The molecule has 0 spiro atoms. The molecule has 2 amide bonds. The summed E-state index contributed by atoms with van der Waals surface area (Å²) in [6.45, 7) is 0. The van der Waals surface area contributed by atoms with Crippen molar-refractivity contribution in [1.29, 1.82) is 10.5 Å². The first-order valence-corrected chi connectivity index (χ1v) is 6.20. The van der Waals surface area contributed by atoms with Gasteiger partial charge in [0.25, 0.3) is 0 Å². The fourth-order valence-electron chi connectivity index (χ4n) is 2.76. The number of carbonyl (C=O) groups is 3. The summed E-state index contributed by atoms with van der Waals surface area (Å²) >= 11 is 1.15. The predicted octanol–water partition coefficient (Wildman–Crippen LogP) is 0.237. The first kappa shape index (κ1) is 11.6. The number of nitrogens with zero attached hydrogens (tertiary/aromatic N) is 2. The van der Waals surface area contributed by atoms with Crippen LogP contribution in [-0.4, -0.2) is 17.6 Å². The Morgan fingerprint density at radius 1 is 1.26 bits per heavy atom. The number of imide groups is 1. The van der Waals surface area contributed by atoms with Gasteiger partial charge >= 0.3 is 0 Å². The van der Waals surface area contributed by atoms with Crippen LogP contribution in [0.15, 0.2) is 17.5 Å². The van der Waals surface area contributed by atoms with Crippen molar-refractivity contribution < 1.29 is 14.4 Å². The minimum atomic E-state index is -1.86. The number of hydrogen-bond donors (Lipinski definition) is 1. The van der Waals surface area contributed by atoms with Gasteiger partial charge in [0.05, 0.1) is 22.9 Å². The van der Waals surface area contributed by atoms with E-state index in [-0.39, 0.29) is 0 Å². The SMILES string of the molecule is N#CC12C(=O)NC(=O)C1(C#N)C2C(=O)c1cccs1. The lowest BCUT2D eigenvalue weighted by Gasteiger charge is -2.04. The number of rotatable bonds is 2. The highest BCUT2D eigenvalue weighted by Gasteiger charge is 2.92. The minimum absolute atomic E-state index is 0.337. The summed E-state index contributed by atoms with van der Waals surface area (Å²) in [6, 6.07) is 6.61.